The summed E-state index contributed by atoms with van der Waals surface area (Å²) in [5.74, 6) is 0. The fourth-order valence-corrected chi connectivity index (χ4v) is 2.33. The molecule has 0 spiro atoms. The maximum Gasteiger partial charge on any atom is 0.0345 e. The van der Waals surface area contributed by atoms with Crippen LogP contribution in [0.5, 0.6) is 0 Å². The Hall–Kier alpha value is -0.980. The Balaban J connectivity index is 2.02. The van der Waals surface area contributed by atoms with Crippen LogP contribution in [0, 0.1) is 0 Å². The molecule has 1 aliphatic carbocycles. The zero-order valence-electron chi connectivity index (χ0n) is 8.92. The molecular formula is C13H19N. The average molecular weight is 189 g/mol. The molecule has 1 nitrogen and oxygen atoms in total. The van der Waals surface area contributed by atoms with Crippen LogP contribution in [0.4, 0.5) is 5.69 Å². The first-order valence-corrected chi connectivity index (χ1v) is 5.62. The number of benzene rings is 1. The fraction of sp³-hybridized carbons (Fsp3) is 0.538. The van der Waals surface area contributed by atoms with E-state index in [1.54, 1.807) is 0 Å². The van der Waals surface area contributed by atoms with Gasteiger partial charge in [-0.2, -0.15) is 0 Å². The third kappa shape index (κ3) is 2.28. The van der Waals surface area contributed by atoms with E-state index in [1.165, 1.54) is 37.8 Å². The first-order valence-electron chi connectivity index (χ1n) is 5.62. The highest BCUT2D eigenvalue weighted by Gasteiger charge is 2.25. The predicted molar refractivity (Wildman–Crippen MR) is 61.6 cm³/mol. The van der Waals surface area contributed by atoms with Crippen molar-refractivity contribution in [2.75, 3.05) is 5.32 Å². The Labute approximate surface area is 86.5 Å². The van der Waals surface area contributed by atoms with Gasteiger partial charge in [-0.1, -0.05) is 37.5 Å². The van der Waals surface area contributed by atoms with Gasteiger partial charge >= 0.3 is 0 Å². The third-order valence-electron chi connectivity index (χ3n) is 3.18. The van der Waals surface area contributed by atoms with Gasteiger partial charge in [0.05, 0.1) is 0 Å². The minimum Gasteiger partial charge on any atom is -0.380 e. The van der Waals surface area contributed by atoms with Gasteiger partial charge in [-0.25, -0.2) is 0 Å². The zero-order chi connectivity index (χ0) is 9.86. The van der Waals surface area contributed by atoms with Gasteiger partial charge in [-0.05, 0) is 31.9 Å². The maximum atomic E-state index is 3.66. The van der Waals surface area contributed by atoms with E-state index in [2.05, 4.69) is 42.6 Å². The van der Waals surface area contributed by atoms with E-state index in [-0.39, 0.29) is 0 Å². The SMILES string of the molecule is CC1(Nc2ccccc2)CCCCC1. The van der Waals surface area contributed by atoms with Crippen molar-refractivity contribution in [3.05, 3.63) is 30.3 Å². The Morgan fingerprint density at radius 3 is 2.29 bits per heavy atom. The Kier molecular flexibility index (Phi) is 2.76. The van der Waals surface area contributed by atoms with Gasteiger partial charge in [-0.3, -0.25) is 0 Å². The molecule has 0 amide bonds. The molecule has 0 radical (unpaired) electrons. The summed E-state index contributed by atoms with van der Waals surface area (Å²) in [7, 11) is 0. The summed E-state index contributed by atoms with van der Waals surface area (Å²) in [5, 5.41) is 3.66. The summed E-state index contributed by atoms with van der Waals surface area (Å²) in [4.78, 5) is 0. The number of hydrogen-bond donors (Lipinski definition) is 1. The fourth-order valence-electron chi connectivity index (χ4n) is 2.33. The van der Waals surface area contributed by atoms with Gasteiger partial charge in [0.2, 0.25) is 0 Å². The molecule has 14 heavy (non-hydrogen) atoms. The summed E-state index contributed by atoms with van der Waals surface area (Å²) < 4.78 is 0. The molecule has 1 aromatic rings. The average Bonchev–Trinajstić information content (AvgIpc) is 2.19. The van der Waals surface area contributed by atoms with Gasteiger partial charge in [0.1, 0.15) is 0 Å². The molecule has 1 heteroatoms. The molecule has 0 bridgehead atoms. The minimum atomic E-state index is 0.333. The Morgan fingerprint density at radius 2 is 1.64 bits per heavy atom. The molecule has 0 aromatic heterocycles. The normalized spacial score (nSPS) is 20.4. The second-order valence-corrected chi connectivity index (χ2v) is 4.61. The molecule has 2 rings (SSSR count). The summed E-state index contributed by atoms with van der Waals surface area (Å²) in [6.45, 7) is 2.35. The molecule has 0 unspecified atom stereocenters. The summed E-state index contributed by atoms with van der Waals surface area (Å²) >= 11 is 0. The van der Waals surface area contributed by atoms with Crippen molar-refractivity contribution in [3.63, 3.8) is 0 Å². The highest BCUT2D eigenvalue weighted by atomic mass is 15.0. The van der Waals surface area contributed by atoms with E-state index < -0.39 is 0 Å². The lowest BCUT2D eigenvalue weighted by atomic mass is 9.83. The molecule has 0 atom stereocenters. The van der Waals surface area contributed by atoms with Gasteiger partial charge < -0.3 is 5.32 Å². The summed E-state index contributed by atoms with van der Waals surface area (Å²) in [6.07, 6.45) is 6.77. The van der Waals surface area contributed by atoms with Crippen LogP contribution in [0.1, 0.15) is 39.0 Å². The Morgan fingerprint density at radius 1 is 1.00 bits per heavy atom. The minimum absolute atomic E-state index is 0.333. The first kappa shape index (κ1) is 9.57. The van der Waals surface area contributed by atoms with Crippen LogP contribution in [0.2, 0.25) is 0 Å². The Bertz CT molecular complexity index is 273. The van der Waals surface area contributed by atoms with Crippen molar-refractivity contribution >= 4 is 5.69 Å². The molecule has 76 valence electrons. The molecule has 1 saturated carbocycles. The molecular weight excluding hydrogens is 170 g/mol. The van der Waals surface area contributed by atoms with E-state index in [9.17, 15) is 0 Å². The van der Waals surface area contributed by atoms with Crippen molar-refractivity contribution in [1.29, 1.82) is 0 Å². The molecule has 0 saturated heterocycles. The standard InChI is InChI=1S/C13H19N/c1-13(10-6-3-7-11-13)14-12-8-4-2-5-9-12/h2,4-5,8-9,14H,3,6-7,10-11H2,1H3. The predicted octanol–water partition coefficient (Wildman–Crippen LogP) is 3.82. The van der Waals surface area contributed by atoms with Crippen molar-refractivity contribution in [3.8, 4) is 0 Å². The number of anilines is 1. The van der Waals surface area contributed by atoms with Crippen LogP contribution in [-0.4, -0.2) is 5.54 Å². The lowest BCUT2D eigenvalue weighted by Gasteiger charge is -2.35. The van der Waals surface area contributed by atoms with Gasteiger partial charge in [0, 0.05) is 11.2 Å². The second kappa shape index (κ2) is 4.04. The highest BCUT2D eigenvalue weighted by Crippen LogP contribution is 2.30. The van der Waals surface area contributed by atoms with Crippen molar-refractivity contribution in [2.24, 2.45) is 0 Å². The van der Waals surface area contributed by atoms with Crippen LogP contribution < -0.4 is 5.32 Å². The van der Waals surface area contributed by atoms with Gasteiger partial charge in [0.15, 0.2) is 0 Å². The van der Waals surface area contributed by atoms with Gasteiger partial charge in [0.25, 0.3) is 0 Å². The van der Waals surface area contributed by atoms with Crippen molar-refractivity contribution < 1.29 is 0 Å². The summed E-state index contributed by atoms with van der Waals surface area (Å²) in [6, 6.07) is 10.6. The molecule has 1 N–H and O–H groups in total. The number of nitrogens with one attached hydrogen (secondary N) is 1. The first-order chi connectivity index (χ1) is 6.79. The smallest absolute Gasteiger partial charge is 0.0345 e. The van der Waals surface area contributed by atoms with Crippen LogP contribution >= 0.6 is 0 Å². The van der Waals surface area contributed by atoms with E-state index in [0.717, 1.165) is 0 Å². The number of rotatable bonds is 2. The molecule has 1 aromatic carbocycles. The molecule has 1 fully saturated rings. The van der Waals surface area contributed by atoms with E-state index >= 15 is 0 Å². The summed E-state index contributed by atoms with van der Waals surface area (Å²) in [5.41, 5.74) is 1.59. The van der Waals surface area contributed by atoms with Crippen molar-refractivity contribution in [2.45, 2.75) is 44.6 Å². The third-order valence-corrected chi connectivity index (χ3v) is 3.18. The molecule has 0 aliphatic heterocycles. The van der Waals surface area contributed by atoms with E-state index in [4.69, 9.17) is 0 Å². The van der Waals surface area contributed by atoms with Crippen LogP contribution in [0.3, 0.4) is 0 Å². The number of hydrogen-bond acceptors (Lipinski definition) is 1. The van der Waals surface area contributed by atoms with Crippen LogP contribution in [0.25, 0.3) is 0 Å². The quantitative estimate of drug-likeness (QED) is 0.745. The molecule has 1 aliphatic rings. The van der Waals surface area contributed by atoms with Crippen LogP contribution in [-0.2, 0) is 0 Å². The molecule has 0 heterocycles. The second-order valence-electron chi connectivity index (χ2n) is 4.61. The monoisotopic (exact) mass is 189 g/mol. The highest BCUT2D eigenvalue weighted by molar-refractivity contribution is 5.45. The largest absolute Gasteiger partial charge is 0.380 e. The lowest BCUT2D eigenvalue weighted by molar-refractivity contribution is 0.349. The topological polar surface area (TPSA) is 12.0 Å². The van der Waals surface area contributed by atoms with Crippen molar-refractivity contribution in [1.82, 2.24) is 0 Å². The lowest BCUT2D eigenvalue weighted by Crippen LogP contribution is -2.36. The van der Waals surface area contributed by atoms with Crippen LogP contribution in [0.15, 0.2) is 30.3 Å². The number of para-hydroxylation sites is 1. The van der Waals surface area contributed by atoms with E-state index in [1.807, 2.05) is 0 Å². The van der Waals surface area contributed by atoms with E-state index in [0.29, 0.717) is 5.54 Å². The van der Waals surface area contributed by atoms with Gasteiger partial charge in [-0.15, -0.1) is 0 Å². The zero-order valence-corrected chi connectivity index (χ0v) is 8.92. The maximum absolute atomic E-state index is 3.66.